The molecule has 0 unspecified atom stereocenters. The minimum absolute atomic E-state index is 0.108. The van der Waals surface area contributed by atoms with E-state index in [1.54, 1.807) is 16.8 Å². The van der Waals surface area contributed by atoms with Crippen LogP contribution in [-0.2, 0) is 13.1 Å². The maximum Gasteiger partial charge on any atom is 0.251 e. The van der Waals surface area contributed by atoms with Crippen molar-refractivity contribution in [2.24, 2.45) is 0 Å². The fourth-order valence-electron chi connectivity index (χ4n) is 2.55. The van der Waals surface area contributed by atoms with Crippen LogP contribution in [0.1, 0.15) is 21.5 Å². The molecule has 0 saturated carbocycles. The highest BCUT2D eigenvalue weighted by molar-refractivity contribution is 5.94. The molecule has 1 N–H and O–H groups in total. The van der Waals surface area contributed by atoms with Gasteiger partial charge in [-0.2, -0.15) is 0 Å². The van der Waals surface area contributed by atoms with E-state index in [1.807, 2.05) is 44.4 Å². The highest BCUT2D eigenvalue weighted by Gasteiger charge is 2.08. The molecule has 7 heteroatoms. The van der Waals surface area contributed by atoms with Crippen LogP contribution in [0.3, 0.4) is 0 Å². The third-order valence-electron chi connectivity index (χ3n) is 3.79. The molecule has 25 heavy (non-hydrogen) atoms. The third kappa shape index (κ3) is 4.27. The molecule has 128 valence electrons. The average Bonchev–Trinajstić information content (AvgIpc) is 3.15. The first-order valence-electron chi connectivity index (χ1n) is 7.96. The average molecular weight is 336 g/mol. The standard InChI is InChI=1S/C18H20N6O/c1-23(2)12-16-6-4-3-5-15(16)11-19-18(25)14-7-9-17(10-8-14)24-13-20-21-22-24/h3-10,13H,11-12H2,1-2H3,(H,19,25). The number of carbonyl (C=O) groups is 1. The Hall–Kier alpha value is -3.06. The number of hydrogen-bond acceptors (Lipinski definition) is 5. The molecule has 0 bridgehead atoms. The first-order chi connectivity index (χ1) is 12.1. The fourth-order valence-corrected chi connectivity index (χ4v) is 2.55. The predicted molar refractivity (Wildman–Crippen MR) is 94.2 cm³/mol. The maximum atomic E-state index is 12.4. The van der Waals surface area contributed by atoms with Crippen molar-refractivity contribution >= 4 is 5.91 Å². The largest absolute Gasteiger partial charge is 0.348 e. The second-order valence-corrected chi connectivity index (χ2v) is 5.99. The number of aromatic nitrogens is 4. The number of rotatable bonds is 6. The molecule has 0 spiro atoms. The first-order valence-corrected chi connectivity index (χ1v) is 7.96. The summed E-state index contributed by atoms with van der Waals surface area (Å²) in [5.74, 6) is -0.108. The minimum atomic E-state index is -0.108. The van der Waals surface area contributed by atoms with E-state index < -0.39 is 0 Å². The molecule has 2 aromatic carbocycles. The van der Waals surface area contributed by atoms with Gasteiger partial charge in [0.2, 0.25) is 0 Å². The Labute approximate surface area is 146 Å². The zero-order chi connectivity index (χ0) is 17.6. The maximum absolute atomic E-state index is 12.4. The molecule has 1 amide bonds. The van der Waals surface area contributed by atoms with E-state index >= 15 is 0 Å². The second-order valence-electron chi connectivity index (χ2n) is 5.99. The number of carbonyl (C=O) groups excluding carboxylic acids is 1. The fraction of sp³-hybridized carbons (Fsp3) is 0.222. The molecule has 0 fully saturated rings. The van der Waals surface area contributed by atoms with Gasteiger partial charge in [0, 0.05) is 18.7 Å². The zero-order valence-electron chi connectivity index (χ0n) is 14.3. The van der Waals surface area contributed by atoms with E-state index in [9.17, 15) is 4.79 Å². The van der Waals surface area contributed by atoms with Crippen LogP contribution in [-0.4, -0.2) is 45.1 Å². The van der Waals surface area contributed by atoms with Gasteiger partial charge in [-0.15, -0.1) is 5.10 Å². The summed E-state index contributed by atoms with van der Waals surface area (Å²) < 4.78 is 1.54. The van der Waals surface area contributed by atoms with Crippen LogP contribution in [0.5, 0.6) is 0 Å². The second kappa shape index (κ2) is 7.67. The summed E-state index contributed by atoms with van der Waals surface area (Å²) in [4.78, 5) is 14.5. The predicted octanol–water partition coefficient (Wildman–Crippen LogP) is 1.65. The van der Waals surface area contributed by atoms with Gasteiger partial charge >= 0.3 is 0 Å². The van der Waals surface area contributed by atoms with Crippen LogP contribution in [0.2, 0.25) is 0 Å². The van der Waals surface area contributed by atoms with Crippen LogP contribution in [0.15, 0.2) is 54.9 Å². The molecule has 0 atom stereocenters. The van der Waals surface area contributed by atoms with Crippen molar-refractivity contribution < 1.29 is 4.79 Å². The van der Waals surface area contributed by atoms with Gasteiger partial charge < -0.3 is 10.2 Å². The Morgan fingerprint density at radius 2 is 1.80 bits per heavy atom. The Bertz CT molecular complexity index is 827. The lowest BCUT2D eigenvalue weighted by molar-refractivity contribution is 0.0951. The number of nitrogens with one attached hydrogen (secondary N) is 1. The van der Waals surface area contributed by atoms with Gasteiger partial charge in [-0.05, 0) is 59.9 Å². The summed E-state index contributed by atoms with van der Waals surface area (Å²) in [6.07, 6.45) is 1.51. The molecule has 0 aliphatic rings. The van der Waals surface area contributed by atoms with Crippen molar-refractivity contribution in [3.63, 3.8) is 0 Å². The van der Waals surface area contributed by atoms with Gasteiger partial charge in [0.1, 0.15) is 6.33 Å². The van der Waals surface area contributed by atoms with Crippen molar-refractivity contribution in [1.29, 1.82) is 0 Å². The highest BCUT2D eigenvalue weighted by atomic mass is 16.1. The van der Waals surface area contributed by atoms with Gasteiger partial charge in [-0.1, -0.05) is 24.3 Å². The van der Waals surface area contributed by atoms with Crippen LogP contribution in [0, 0.1) is 0 Å². The number of nitrogens with zero attached hydrogens (tertiary/aromatic N) is 5. The van der Waals surface area contributed by atoms with E-state index in [4.69, 9.17) is 0 Å². The summed E-state index contributed by atoms with van der Waals surface area (Å²) in [6, 6.07) is 15.3. The van der Waals surface area contributed by atoms with E-state index in [0.29, 0.717) is 12.1 Å². The zero-order valence-corrected chi connectivity index (χ0v) is 14.3. The van der Waals surface area contributed by atoms with Gasteiger partial charge in [0.15, 0.2) is 0 Å². The molecule has 0 aliphatic carbocycles. The Balaban J connectivity index is 1.65. The third-order valence-corrected chi connectivity index (χ3v) is 3.79. The lowest BCUT2D eigenvalue weighted by Crippen LogP contribution is -2.24. The smallest absolute Gasteiger partial charge is 0.251 e. The Kier molecular flexibility index (Phi) is 5.15. The number of benzene rings is 2. The molecule has 3 aromatic rings. The Morgan fingerprint density at radius 3 is 2.44 bits per heavy atom. The quantitative estimate of drug-likeness (QED) is 0.741. The van der Waals surface area contributed by atoms with Crippen LogP contribution >= 0.6 is 0 Å². The van der Waals surface area contributed by atoms with Crippen molar-refractivity contribution in [3.05, 3.63) is 71.5 Å². The molecule has 1 aromatic heterocycles. The monoisotopic (exact) mass is 336 g/mol. The first kappa shape index (κ1) is 16.8. The number of amides is 1. The van der Waals surface area contributed by atoms with Gasteiger partial charge in [-0.3, -0.25) is 4.79 Å². The van der Waals surface area contributed by atoms with Gasteiger partial charge in [0.25, 0.3) is 5.91 Å². The summed E-state index contributed by atoms with van der Waals surface area (Å²) in [6.45, 7) is 1.34. The molecule has 3 rings (SSSR count). The minimum Gasteiger partial charge on any atom is -0.348 e. The summed E-state index contributed by atoms with van der Waals surface area (Å²) >= 11 is 0. The molecular weight excluding hydrogens is 316 g/mol. The van der Waals surface area contributed by atoms with Gasteiger partial charge in [0.05, 0.1) is 5.69 Å². The Morgan fingerprint density at radius 1 is 1.08 bits per heavy atom. The number of tetrazole rings is 1. The van der Waals surface area contributed by atoms with Gasteiger partial charge in [-0.25, -0.2) is 4.68 Å². The lowest BCUT2D eigenvalue weighted by atomic mass is 10.1. The topological polar surface area (TPSA) is 75.9 Å². The molecule has 7 nitrogen and oxygen atoms in total. The van der Waals surface area contributed by atoms with Crippen LogP contribution < -0.4 is 5.32 Å². The molecule has 1 heterocycles. The normalized spacial score (nSPS) is 10.8. The van der Waals surface area contributed by atoms with Crippen molar-refractivity contribution in [2.45, 2.75) is 13.1 Å². The van der Waals surface area contributed by atoms with E-state index in [2.05, 4.69) is 31.8 Å². The SMILES string of the molecule is CN(C)Cc1ccccc1CNC(=O)c1ccc(-n2cnnn2)cc1. The van der Waals surface area contributed by atoms with Crippen LogP contribution in [0.4, 0.5) is 0 Å². The van der Waals surface area contributed by atoms with Crippen molar-refractivity contribution in [3.8, 4) is 5.69 Å². The lowest BCUT2D eigenvalue weighted by Gasteiger charge is -2.14. The number of hydrogen-bond donors (Lipinski definition) is 1. The van der Waals surface area contributed by atoms with E-state index in [-0.39, 0.29) is 5.91 Å². The molecule has 0 radical (unpaired) electrons. The van der Waals surface area contributed by atoms with Crippen molar-refractivity contribution in [1.82, 2.24) is 30.4 Å². The molecule has 0 saturated heterocycles. The summed E-state index contributed by atoms with van der Waals surface area (Å²) in [5.41, 5.74) is 3.73. The summed E-state index contributed by atoms with van der Waals surface area (Å²) in [7, 11) is 4.06. The van der Waals surface area contributed by atoms with E-state index in [1.165, 1.54) is 11.9 Å². The molecular formula is C18H20N6O. The molecule has 0 aliphatic heterocycles. The van der Waals surface area contributed by atoms with Crippen LogP contribution in [0.25, 0.3) is 5.69 Å². The van der Waals surface area contributed by atoms with Crippen molar-refractivity contribution in [2.75, 3.05) is 14.1 Å². The van der Waals surface area contributed by atoms with E-state index in [0.717, 1.165) is 17.8 Å². The summed E-state index contributed by atoms with van der Waals surface area (Å²) in [5, 5.41) is 14.0. The highest BCUT2D eigenvalue weighted by Crippen LogP contribution is 2.12.